The Morgan fingerprint density at radius 2 is 1.94 bits per heavy atom. The average molecular weight is 468 g/mol. The van der Waals surface area contributed by atoms with Gasteiger partial charge in [-0.1, -0.05) is 0 Å². The van der Waals surface area contributed by atoms with Crippen LogP contribution >= 0.6 is 11.6 Å². The molecule has 9 heteroatoms. The monoisotopic (exact) mass is 467 g/mol. The lowest BCUT2D eigenvalue weighted by Gasteiger charge is -2.50. The minimum absolute atomic E-state index is 0.00601. The van der Waals surface area contributed by atoms with E-state index in [2.05, 4.69) is 10.2 Å². The molecule has 3 aliphatic heterocycles. The van der Waals surface area contributed by atoms with Crippen molar-refractivity contribution in [2.75, 3.05) is 32.7 Å². The lowest BCUT2D eigenvalue weighted by molar-refractivity contribution is -0.167. The maximum Gasteiger partial charge on any atom is 0.250 e. The van der Waals surface area contributed by atoms with E-state index in [0.717, 1.165) is 45.2 Å². The third-order valence-corrected chi connectivity index (χ3v) is 8.56. The standard InChI is InChI=1S/C23H38ClN5O3/c1-15(2)28-13-20(30)29(12-16-3-5-18(24)6-4-16)23(22(28)32)8-10-27(14-23)19-11-17(21(25)31)7-9-26-19/h15-19,26H,3-14H2,1-2H3,(H2,25,31). The molecular formula is C23H38ClN5O3. The van der Waals surface area contributed by atoms with Crippen molar-refractivity contribution in [3.63, 3.8) is 0 Å². The first kappa shape index (κ1) is 23.8. The van der Waals surface area contributed by atoms with Crippen LogP contribution in [0.1, 0.15) is 58.8 Å². The van der Waals surface area contributed by atoms with Crippen molar-refractivity contribution in [2.24, 2.45) is 17.6 Å². The Morgan fingerprint density at radius 3 is 2.59 bits per heavy atom. The fourth-order valence-corrected chi connectivity index (χ4v) is 6.35. The molecule has 0 bridgehead atoms. The zero-order valence-electron chi connectivity index (χ0n) is 19.4. The number of likely N-dealkylation sites (tertiary alicyclic amines) is 1. The minimum Gasteiger partial charge on any atom is -0.369 e. The van der Waals surface area contributed by atoms with Gasteiger partial charge in [-0.05, 0) is 71.3 Å². The van der Waals surface area contributed by atoms with Crippen molar-refractivity contribution < 1.29 is 14.4 Å². The van der Waals surface area contributed by atoms with Crippen LogP contribution in [-0.2, 0) is 14.4 Å². The van der Waals surface area contributed by atoms with E-state index in [9.17, 15) is 14.4 Å². The zero-order chi connectivity index (χ0) is 23.0. The van der Waals surface area contributed by atoms with Crippen LogP contribution in [0, 0.1) is 11.8 Å². The maximum atomic E-state index is 13.8. The Bertz CT molecular complexity index is 741. The van der Waals surface area contributed by atoms with Crippen molar-refractivity contribution >= 4 is 29.3 Å². The number of nitrogens with zero attached hydrogens (tertiary/aromatic N) is 3. The fraction of sp³-hybridized carbons (Fsp3) is 0.870. The van der Waals surface area contributed by atoms with Gasteiger partial charge in [0.1, 0.15) is 12.1 Å². The van der Waals surface area contributed by atoms with E-state index in [1.165, 1.54) is 0 Å². The summed E-state index contributed by atoms with van der Waals surface area (Å²) < 4.78 is 0. The number of alkyl halides is 1. The lowest BCUT2D eigenvalue weighted by Crippen LogP contribution is -2.71. The van der Waals surface area contributed by atoms with Gasteiger partial charge in [-0.3, -0.25) is 19.3 Å². The molecule has 32 heavy (non-hydrogen) atoms. The van der Waals surface area contributed by atoms with Crippen LogP contribution in [0.2, 0.25) is 0 Å². The van der Waals surface area contributed by atoms with Crippen molar-refractivity contribution in [1.82, 2.24) is 20.0 Å². The summed E-state index contributed by atoms with van der Waals surface area (Å²) >= 11 is 6.30. The molecule has 1 spiro atoms. The smallest absolute Gasteiger partial charge is 0.250 e. The normalized spacial score (nSPS) is 37.0. The molecule has 0 radical (unpaired) electrons. The fourth-order valence-electron chi connectivity index (χ4n) is 6.10. The number of nitrogens with two attached hydrogens (primary N) is 1. The molecule has 3 N–H and O–H groups in total. The van der Waals surface area contributed by atoms with Crippen LogP contribution in [0.4, 0.5) is 0 Å². The summed E-state index contributed by atoms with van der Waals surface area (Å²) in [6, 6.07) is -0.0155. The van der Waals surface area contributed by atoms with E-state index in [-0.39, 0.29) is 47.8 Å². The highest BCUT2D eigenvalue weighted by atomic mass is 35.5. The van der Waals surface area contributed by atoms with Crippen LogP contribution in [0.5, 0.6) is 0 Å². The number of halogens is 1. The molecule has 3 atom stereocenters. The third kappa shape index (κ3) is 4.50. The summed E-state index contributed by atoms with van der Waals surface area (Å²) in [5, 5.41) is 3.73. The summed E-state index contributed by atoms with van der Waals surface area (Å²) in [5.74, 6) is 0.125. The van der Waals surface area contributed by atoms with Crippen LogP contribution < -0.4 is 11.1 Å². The molecular weight excluding hydrogens is 430 g/mol. The first-order valence-corrected chi connectivity index (χ1v) is 12.7. The number of rotatable bonds is 5. The first-order chi connectivity index (χ1) is 15.2. The van der Waals surface area contributed by atoms with Gasteiger partial charge in [0, 0.05) is 37.0 Å². The van der Waals surface area contributed by atoms with Gasteiger partial charge in [0.05, 0.1) is 6.17 Å². The number of hydrogen-bond acceptors (Lipinski definition) is 5. The van der Waals surface area contributed by atoms with Crippen molar-refractivity contribution in [2.45, 2.75) is 81.9 Å². The predicted molar refractivity (Wildman–Crippen MR) is 123 cm³/mol. The van der Waals surface area contributed by atoms with E-state index < -0.39 is 5.54 Å². The average Bonchev–Trinajstić information content (AvgIpc) is 3.21. The number of carbonyl (C=O) groups excluding carboxylic acids is 3. The zero-order valence-corrected chi connectivity index (χ0v) is 20.1. The molecule has 3 amide bonds. The summed E-state index contributed by atoms with van der Waals surface area (Å²) in [5.41, 5.74) is 4.76. The highest BCUT2D eigenvalue weighted by Crippen LogP contribution is 2.38. The van der Waals surface area contributed by atoms with Crippen molar-refractivity contribution in [3.8, 4) is 0 Å². The molecule has 3 saturated heterocycles. The number of piperazine rings is 1. The summed E-state index contributed by atoms with van der Waals surface area (Å²) in [4.78, 5) is 44.9. The molecule has 4 rings (SSSR count). The van der Waals surface area contributed by atoms with Crippen LogP contribution in [0.15, 0.2) is 0 Å². The number of primary amides is 1. The molecule has 8 nitrogen and oxygen atoms in total. The largest absolute Gasteiger partial charge is 0.369 e. The van der Waals surface area contributed by atoms with Crippen molar-refractivity contribution in [1.29, 1.82) is 0 Å². The van der Waals surface area contributed by atoms with Gasteiger partial charge in [0.15, 0.2) is 0 Å². The second kappa shape index (κ2) is 9.47. The number of carbonyl (C=O) groups is 3. The SMILES string of the molecule is CC(C)N1CC(=O)N(CC2CCC(Cl)CC2)C2(CCN(C3CC(C(N)=O)CCN3)C2)C1=O. The lowest BCUT2D eigenvalue weighted by atomic mass is 9.84. The van der Waals surface area contributed by atoms with Gasteiger partial charge >= 0.3 is 0 Å². The second-order valence-corrected chi connectivity index (χ2v) is 11.1. The van der Waals surface area contributed by atoms with E-state index in [1.54, 1.807) is 4.90 Å². The number of piperidine rings is 1. The summed E-state index contributed by atoms with van der Waals surface area (Å²) in [6.07, 6.45) is 5.99. The molecule has 0 aromatic heterocycles. The van der Waals surface area contributed by atoms with Crippen LogP contribution in [0.25, 0.3) is 0 Å². The predicted octanol–water partition coefficient (Wildman–Crippen LogP) is 1.12. The molecule has 0 aromatic rings. The quantitative estimate of drug-likeness (QED) is 0.590. The van der Waals surface area contributed by atoms with Gasteiger partial charge < -0.3 is 20.9 Å². The molecule has 4 aliphatic rings. The van der Waals surface area contributed by atoms with Gasteiger partial charge in [0.25, 0.3) is 5.91 Å². The molecule has 4 fully saturated rings. The maximum absolute atomic E-state index is 13.8. The van der Waals surface area contributed by atoms with Crippen LogP contribution in [0.3, 0.4) is 0 Å². The Hall–Kier alpha value is -1.38. The van der Waals surface area contributed by atoms with Gasteiger partial charge in [-0.25, -0.2) is 0 Å². The molecule has 1 saturated carbocycles. The van der Waals surface area contributed by atoms with E-state index in [4.69, 9.17) is 17.3 Å². The second-order valence-electron chi connectivity index (χ2n) is 10.5. The number of hydrogen-bond donors (Lipinski definition) is 2. The Kier molecular flexibility index (Phi) is 7.03. The third-order valence-electron chi connectivity index (χ3n) is 8.12. The highest BCUT2D eigenvalue weighted by Gasteiger charge is 2.57. The Morgan fingerprint density at radius 1 is 1.22 bits per heavy atom. The summed E-state index contributed by atoms with van der Waals surface area (Å²) in [7, 11) is 0. The van der Waals surface area contributed by atoms with E-state index in [1.807, 2.05) is 18.7 Å². The Labute approximate surface area is 196 Å². The van der Waals surface area contributed by atoms with Gasteiger partial charge in [-0.15, -0.1) is 11.6 Å². The van der Waals surface area contributed by atoms with E-state index >= 15 is 0 Å². The molecule has 180 valence electrons. The minimum atomic E-state index is -0.821. The highest BCUT2D eigenvalue weighted by molar-refractivity contribution is 6.20. The molecule has 3 heterocycles. The molecule has 1 aliphatic carbocycles. The molecule has 3 unspecified atom stereocenters. The summed E-state index contributed by atoms with van der Waals surface area (Å²) in [6.45, 7) is 6.71. The first-order valence-electron chi connectivity index (χ1n) is 12.2. The Balaban J connectivity index is 1.55. The topological polar surface area (TPSA) is 99.0 Å². The van der Waals surface area contributed by atoms with Crippen LogP contribution in [-0.4, -0.2) is 88.3 Å². The van der Waals surface area contributed by atoms with Gasteiger partial charge in [-0.2, -0.15) is 0 Å². The van der Waals surface area contributed by atoms with Crippen molar-refractivity contribution in [3.05, 3.63) is 0 Å². The molecule has 0 aromatic carbocycles. The van der Waals surface area contributed by atoms with Gasteiger partial charge in [0.2, 0.25) is 11.8 Å². The number of amides is 3. The number of nitrogens with one attached hydrogen (secondary N) is 1. The van der Waals surface area contributed by atoms with E-state index in [0.29, 0.717) is 31.8 Å².